The summed E-state index contributed by atoms with van der Waals surface area (Å²) in [5.74, 6) is 1.10. The fourth-order valence-corrected chi connectivity index (χ4v) is 2.85. The van der Waals surface area contributed by atoms with E-state index in [-0.39, 0.29) is 0 Å². The van der Waals surface area contributed by atoms with Gasteiger partial charge in [-0.3, -0.25) is 0 Å². The molecule has 0 amide bonds. The highest BCUT2D eigenvalue weighted by Crippen LogP contribution is 2.23. The predicted octanol–water partition coefficient (Wildman–Crippen LogP) is 6.25. The number of phenols is 1. The highest BCUT2D eigenvalue weighted by atomic mass is 16.5. The maximum absolute atomic E-state index is 9.70. The van der Waals surface area contributed by atoms with Gasteiger partial charge in [0.25, 0.3) is 0 Å². The van der Waals surface area contributed by atoms with Crippen LogP contribution < -0.4 is 4.74 Å². The molecule has 0 radical (unpaired) electrons. The number of aryl methyl sites for hydroxylation is 1. The predicted molar refractivity (Wildman–Crippen MR) is 94.8 cm³/mol. The van der Waals surface area contributed by atoms with Crippen molar-refractivity contribution in [2.45, 2.75) is 84.5 Å². The average molecular weight is 306 g/mol. The minimum Gasteiger partial charge on any atom is -0.508 e. The lowest BCUT2D eigenvalue weighted by Gasteiger charge is -2.07. The van der Waals surface area contributed by atoms with Crippen LogP contribution in [0.1, 0.15) is 83.6 Å². The van der Waals surface area contributed by atoms with E-state index in [2.05, 4.69) is 13.0 Å². The normalized spacial score (nSPS) is 10.8. The SMILES string of the molecule is CCCCCCCCCCCCc1cc(O)cc(OCC)c1. The van der Waals surface area contributed by atoms with Gasteiger partial charge in [0.1, 0.15) is 11.5 Å². The Labute approximate surface area is 136 Å². The molecule has 0 spiro atoms. The first kappa shape index (κ1) is 18.9. The molecule has 1 aromatic carbocycles. The summed E-state index contributed by atoms with van der Waals surface area (Å²) >= 11 is 0. The molecule has 0 atom stereocenters. The van der Waals surface area contributed by atoms with Crippen LogP contribution in [-0.4, -0.2) is 11.7 Å². The lowest BCUT2D eigenvalue weighted by Crippen LogP contribution is -1.93. The molecule has 2 nitrogen and oxygen atoms in total. The molecule has 0 saturated carbocycles. The van der Waals surface area contributed by atoms with Crippen molar-refractivity contribution in [3.63, 3.8) is 0 Å². The van der Waals surface area contributed by atoms with Crippen LogP contribution in [0.2, 0.25) is 0 Å². The van der Waals surface area contributed by atoms with Gasteiger partial charge in [-0.15, -0.1) is 0 Å². The van der Waals surface area contributed by atoms with Crippen molar-refractivity contribution in [2.24, 2.45) is 0 Å². The molecule has 0 aliphatic heterocycles. The number of benzene rings is 1. The van der Waals surface area contributed by atoms with Crippen LogP contribution in [0.5, 0.6) is 11.5 Å². The van der Waals surface area contributed by atoms with Crippen molar-refractivity contribution in [1.82, 2.24) is 0 Å². The fraction of sp³-hybridized carbons (Fsp3) is 0.700. The molecule has 0 saturated heterocycles. The first-order valence-corrected chi connectivity index (χ1v) is 9.22. The molecule has 1 aromatic rings. The molecule has 0 fully saturated rings. The van der Waals surface area contributed by atoms with Crippen molar-refractivity contribution >= 4 is 0 Å². The van der Waals surface area contributed by atoms with E-state index in [9.17, 15) is 5.11 Å². The average Bonchev–Trinajstić information content (AvgIpc) is 2.49. The maximum atomic E-state index is 9.70. The first-order chi connectivity index (χ1) is 10.8. The van der Waals surface area contributed by atoms with Gasteiger partial charge in [0.05, 0.1) is 6.61 Å². The summed E-state index contributed by atoms with van der Waals surface area (Å²) in [6.45, 7) is 4.87. The quantitative estimate of drug-likeness (QED) is 0.436. The second-order valence-corrected chi connectivity index (χ2v) is 6.20. The van der Waals surface area contributed by atoms with E-state index in [0.29, 0.717) is 12.4 Å². The fourth-order valence-electron chi connectivity index (χ4n) is 2.85. The zero-order chi connectivity index (χ0) is 16.0. The number of hydrogen-bond donors (Lipinski definition) is 1. The van der Waals surface area contributed by atoms with Crippen LogP contribution >= 0.6 is 0 Å². The Morgan fingerprint density at radius 1 is 0.773 bits per heavy atom. The van der Waals surface area contributed by atoms with Gasteiger partial charge in [-0.25, -0.2) is 0 Å². The second kappa shape index (κ2) is 12.4. The van der Waals surface area contributed by atoms with Crippen LogP contribution in [0, 0.1) is 0 Å². The highest BCUT2D eigenvalue weighted by molar-refractivity contribution is 5.37. The lowest BCUT2D eigenvalue weighted by molar-refractivity contribution is 0.337. The van der Waals surface area contributed by atoms with Crippen LogP contribution in [0.25, 0.3) is 0 Å². The van der Waals surface area contributed by atoms with E-state index in [0.717, 1.165) is 12.2 Å². The third kappa shape index (κ3) is 8.96. The van der Waals surface area contributed by atoms with E-state index in [1.807, 2.05) is 13.0 Å². The number of rotatable bonds is 13. The number of unbranched alkanes of at least 4 members (excludes halogenated alkanes) is 9. The Bertz CT molecular complexity index is 387. The zero-order valence-electron chi connectivity index (χ0n) is 14.6. The summed E-state index contributed by atoms with van der Waals surface area (Å²) in [7, 11) is 0. The van der Waals surface area contributed by atoms with Gasteiger partial charge in [-0.05, 0) is 37.5 Å². The van der Waals surface area contributed by atoms with E-state index >= 15 is 0 Å². The van der Waals surface area contributed by atoms with Gasteiger partial charge in [0, 0.05) is 6.07 Å². The third-order valence-corrected chi connectivity index (χ3v) is 4.08. The van der Waals surface area contributed by atoms with E-state index < -0.39 is 0 Å². The summed E-state index contributed by atoms with van der Waals surface area (Å²) in [6.07, 6.45) is 14.6. The summed E-state index contributed by atoms with van der Waals surface area (Å²) in [5, 5.41) is 9.70. The first-order valence-electron chi connectivity index (χ1n) is 9.22. The van der Waals surface area contributed by atoms with Gasteiger partial charge in [0.2, 0.25) is 0 Å². The molecule has 0 heterocycles. The maximum Gasteiger partial charge on any atom is 0.123 e. The number of aromatic hydroxyl groups is 1. The standard InChI is InChI=1S/C20H34O2/c1-3-5-6-7-8-9-10-11-12-13-14-18-15-19(21)17-20(16-18)22-4-2/h15-17,21H,3-14H2,1-2H3. The number of ether oxygens (including phenoxy) is 1. The topological polar surface area (TPSA) is 29.5 Å². The minimum atomic E-state index is 0.313. The summed E-state index contributed by atoms with van der Waals surface area (Å²) in [6, 6.07) is 5.60. The molecule has 0 aliphatic carbocycles. The van der Waals surface area contributed by atoms with Crippen molar-refractivity contribution in [3.8, 4) is 11.5 Å². The Kier molecular flexibility index (Phi) is 10.6. The van der Waals surface area contributed by atoms with Gasteiger partial charge in [-0.1, -0.05) is 64.7 Å². The van der Waals surface area contributed by atoms with Gasteiger partial charge < -0.3 is 9.84 Å². The number of phenolic OH excluding ortho intramolecular Hbond substituents is 1. The van der Waals surface area contributed by atoms with Gasteiger partial charge >= 0.3 is 0 Å². The Morgan fingerprint density at radius 3 is 1.95 bits per heavy atom. The molecule has 1 N–H and O–H groups in total. The Morgan fingerprint density at radius 2 is 1.36 bits per heavy atom. The summed E-state index contributed by atoms with van der Waals surface area (Å²) in [5.41, 5.74) is 1.18. The van der Waals surface area contributed by atoms with Crippen LogP contribution in [0.15, 0.2) is 18.2 Å². The van der Waals surface area contributed by atoms with E-state index in [1.165, 1.54) is 69.8 Å². The van der Waals surface area contributed by atoms with Crippen LogP contribution in [0.3, 0.4) is 0 Å². The molecular weight excluding hydrogens is 272 g/mol. The summed E-state index contributed by atoms with van der Waals surface area (Å²) < 4.78 is 5.47. The van der Waals surface area contributed by atoms with Gasteiger partial charge in [0.15, 0.2) is 0 Å². The molecule has 126 valence electrons. The molecule has 0 bridgehead atoms. The third-order valence-electron chi connectivity index (χ3n) is 4.08. The van der Waals surface area contributed by atoms with Crippen molar-refractivity contribution < 1.29 is 9.84 Å². The van der Waals surface area contributed by atoms with E-state index in [1.54, 1.807) is 6.07 Å². The van der Waals surface area contributed by atoms with Gasteiger partial charge in [-0.2, -0.15) is 0 Å². The number of hydrogen-bond acceptors (Lipinski definition) is 2. The van der Waals surface area contributed by atoms with Crippen LogP contribution in [0.4, 0.5) is 0 Å². The zero-order valence-corrected chi connectivity index (χ0v) is 14.6. The Balaban J connectivity index is 2.07. The molecule has 0 aliphatic rings. The largest absolute Gasteiger partial charge is 0.508 e. The van der Waals surface area contributed by atoms with Crippen molar-refractivity contribution in [2.75, 3.05) is 6.61 Å². The van der Waals surface area contributed by atoms with Crippen molar-refractivity contribution in [1.29, 1.82) is 0 Å². The van der Waals surface area contributed by atoms with E-state index in [4.69, 9.17) is 4.74 Å². The second-order valence-electron chi connectivity index (χ2n) is 6.20. The highest BCUT2D eigenvalue weighted by Gasteiger charge is 2.01. The molecule has 2 heteroatoms. The molecule has 0 unspecified atom stereocenters. The smallest absolute Gasteiger partial charge is 0.123 e. The summed E-state index contributed by atoms with van der Waals surface area (Å²) in [4.78, 5) is 0. The minimum absolute atomic E-state index is 0.313. The lowest BCUT2D eigenvalue weighted by atomic mass is 10.0. The molecule has 0 aromatic heterocycles. The monoisotopic (exact) mass is 306 g/mol. The Hall–Kier alpha value is -1.18. The van der Waals surface area contributed by atoms with Crippen molar-refractivity contribution in [3.05, 3.63) is 23.8 Å². The van der Waals surface area contributed by atoms with Crippen LogP contribution in [-0.2, 0) is 6.42 Å². The molecule has 22 heavy (non-hydrogen) atoms. The molecule has 1 rings (SSSR count). The molecular formula is C20H34O2.